The first-order valence-corrected chi connectivity index (χ1v) is 8.40. The van der Waals surface area contributed by atoms with E-state index in [1.54, 1.807) is 30.0 Å². The Morgan fingerprint density at radius 3 is 2.58 bits per heavy atom. The first-order chi connectivity index (χ1) is 12.6. The lowest BCUT2D eigenvalue weighted by molar-refractivity contribution is -0.117. The number of rotatable bonds is 6. The molecule has 6 nitrogen and oxygen atoms in total. The zero-order chi connectivity index (χ0) is 18.5. The van der Waals surface area contributed by atoms with E-state index in [2.05, 4.69) is 15.7 Å². The van der Waals surface area contributed by atoms with Crippen molar-refractivity contribution in [2.45, 2.75) is 6.04 Å². The van der Waals surface area contributed by atoms with Crippen molar-refractivity contribution >= 4 is 29.0 Å². The summed E-state index contributed by atoms with van der Waals surface area (Å²) in [7, 11) is 3.36. The molecule has 0 saturated carbocycles. The van der Waals surface area contributed by atoms with Gasteiger partial charge in [-0.3, -0.25) is 9.48 Å². The Balaban J connectivity index is 1.83. The second-order valence-corrected chi connectivity index (χ2v) is 6.11. The average Bonchev–Trinajstić information content (AvgIpc) is 3.05. The third-order valence-corrected chi connectivity index (χ3v) is 4.12. The van der Waals surface area contributed by atoms with E-state index in [0.29, 0.717) is 22.3 Å². The summed E-state index contributed by atoms with van der Waals surface area (Å²) in [5.41, 5.74) is 1.42. The predicted octanol–water partition coefficient (Wildman–Crippen LogP) is 3.87. The van der Waals surface area contributed by atoms with Crippen LogP contribution >= 0.6 is 11.6 Å². The summed E-state index contributed by atoms with van der Waals surface area (Å²) >= 11 is 6.14. The van der Waals surface area contributed by atoms with Gasteiger partial charge in [0.05, 0.1) is 12.1 Å². The molecule has 0 aliphatic heterocycles. The van der Waals surface area contributed by atoms with E-state index in [1.807, 2.05) is 49.6 Å². The van der Waals surface area contributed by atoms with Gasteiger partial charge in [-0.1, -0.05) is 41.9 Å². The number of benzene rings is 2. The number of carbonyl (C=O) groups excluding carboxylic acids is 1. The smallest absolute Gasteiger partial charge is 0.251 e. The molecule has 7 heteroatoms. The summed E-state index contributed by atoms with van der Waals surface area (Å²) in [6.07, 6.45) is 1.81. The fourth-order valence-electron chi connectivity index (χ4n) is 2.54. The summed E-state index contributed by atoms with van der Waals surface area (Å²) in [5.74, 6) is 0.947. The minimum Gasteiger partial charge on any atom is -0.495 e. The number of aromatic nitrogens is 2. The van der Waals surface area contributed by atoms with Crippen molar-refractivity contribution in [3.8, 4) is 5.75 Å². The van der Waals surface area contributed by atoms with Gasteiger partial charge < -0.3 is 15.4 Å². The van der Waals surface area contributed by atoms with Gasteiger partial charge in [-0.2, -0.15) is 5.10 Å². The lowest BCUT2D eigenvalue weighted by Gasteiger charge is -2.19. The second kappa shape index (κ2) is 7.93. The lowest BCUT2D eigenvalue weighted by Crippen LogP contribution is -2.27. The Morgan fingerprint density at radius 1 is 1.19 bits per heavy atom. The van der Waals surface area contributed by atoms with Crippen molar-refractivity contribution in [1.29, 1.82) is 0 Å². The Kier molecular flexibility index (Phi) is 5.43. The van der Waals surface area contributed by atoms with Gasteiger partial charge in [0.15, 0.2) is 0 Å². The molecule has 134 valence electrons. The molecule has 2 aromatic carbocycles. The predicted molar refractivity (Wildman–Crippen MR) is 103 cm³/mol. The first-order valence-electron chi connectivity index (χ1n) is 8.02. The molecule has 26 heavy (non-hydrogen) atoms. The van der Waals surface area contributed by atoms with Gasteiger partial charge in [-0.15, -0.1) is 0 Å². The maximum Gasteiger partial charge on any atom is 0.251 e. The number of halogens is 1. The summed E-state index contributed by atoms with van der Waals surface area (Å²) in [6, 6.07) is 15.8. The van der Waals surface area contributed by atoms with Gasteiger partial charge in [0.25, 0.3) is 5.91 Å². The van der Waals surface area contributed by atoms with Gasteiger partial charge in [0.2, 0.25) is 0 Å². The third-order valence-electron chi connectivity index (χ3n) is 3.82. The molecule has 0 fully saturated rings. The molecule has 0 spiro atoms. The maximum atomic E-state index is 12.9. The molecular weight excluding hydrogens is 352 g/mol. The van der Waals surface area contributed by atoms with Crippen LogP contribution in [0.3, 0.4) is 0 Å². The molecular formula is C19H19ClN4O2. The minimum absolute atomic E-state index is 0.219. The first kappa shape index (κ1) is 17.8. The lowest BCUT2D eigenvalue weighted by atomic mass is 10.1. The summed E-state index contributed by atoms with van der Waals surface area (Å²) < 4.78 is 6.81. The van der Waals surface area contributed by atoms with Crippen LogP contribution in [0.2, 0.25) is 5.02 Å². The fourth-order valence-corrected chi connectivity index (χ4v) is 2.80. The number of nitrogens with zero attached hydrogens (tertiary/aromatic N) is 2. The van der Waals surface area contributed by atoms with Gasteiger partial charge in [-0.25, -0.2) is 0 Å². The Bertz CT molecular complexity index is 896. The van der Waals surface area contributed by atoms with E-state index in [4.69, 9.17) is 16.3 Å². The van der Waals surface area contributed by atoms with Crippen LogP contribution < -0.4 is 15.4 Å². The monoisotopic (exact) mass is 370 g/mol. The zero-order valence-corrected chi connectivity index (χ0v) is 15.2. The quantitative estimate of drug-likeness (QED) is 0.691. The van der Waals surface area contributed by atoms with Crippen LogP contribution in [-0.4, -0.2) is 22.8 Å². The Morgan fingerprint density at radius 2 is 1.96 bits per heavy atom. The molecule has 0 unspecified atom stereocenters. The van der Waals surface area contributed by atoms with Gasteiger partial charge in [0.1, 0.15) is 17.6 Å². The molecule has 0 saturated heterocycles. The van der Waals surface area contributed by atoms with E-state index in [9.17, 15) is 4.79 Å². The van der Waals surface area contributed by atoms with Crippen LogP contribution in [0.1, 0.15) is 11.6 Å². The van der Waals surface area contributed by atoms with Crippen molar-refractivity contribution in [3.63, 3.8) is 0 Å². The van der Waals surface area contributed by atoms with Crippen molar-refractivity contribution in [1.82, 2.24) is 9.78 Å². The minimum atomic E-state index is -0.605. The van der Waals surface area contributed by atoms with Crippen molar-refractivity contribution in [3.05, 3.63) is 71.4 Å². The number of aryl methyl sites for hydroxylation is 1. The summed E-state index contributed by atoms with van der Waals surface area (Å²) in [4.78, 5) is 12.9. The van der Waals surface area contributed by atoms with Crippen LogP contribution in [-0.2, 0) is 11.8 Å². The van der Waals surface area contributed by atoms with Gasteiger partial charge >= 0.3 is 0 Å². The number of carbonyl (C=O) groups is 1. The van der Waals surface area contributed by atoms with E-state index in [0.717, 1.165) is 5.56 Å². The molecule has 2 N–H and O–H groups in total. The normalized spacial score (nSPS) is 11.7. The van der Waals surface area contributed by atoms with E-state index >= 15 is 0 Å². The molecule has 0 radical (unpaired) electrons. The van der Waals surface area contributed by atoms with E-state index in [1.165, 1.54) is 0 Å². The number of amides is 1. The molecule has 0 bridgehead atoms. The molecule has 3 rings (SSSR count). The molecule has 1 aromatic heterocycles. The van der Waals surface area contributed by atoms with Crippen LogP contribution in [0.15, 0.2) is 60.8 Å². The van der Waals surface area contributed by atoms with E-state index in [-0.39, 0.29) is 5.91 Å². The Hall–Kier alpha value is -2.99. The molecule has 1 atom stereocenters. The number of ether oxygens (including phenoxy) is 1. The highest BCUT2D eigenvalue weighted by Crippen LogP contribution is 2.28. The summed E-state index contributed by atoms with van der Waals surface area (Å²) in [5, 5.41) is 10.8. The maximum absolute atomic E-state index is 12.9. The van der Waals surface area contributed by atoms with Gasteiger partial charge in [0, 0.05) is 25.0 Å². The van der Waals surface area contributed by atoms with Crippen molar-refractivity contribution in [2.24, 2.45) is 7.05 Å². The molecule has 3 aromatic rings. The molecule has 1 amide bonds. The average molecular weight is 371 g/mol. The van der Waals surface area contributed by atoms with Crippen LogP contribution in [0.4, 0.5) is 11.5 Å². The van der Waals surface area contributed by atoms with Crippen LogP contribution in [0.25, 0.3) is 0 Å². The van der Waals surface area contributed by atoms with Crippen LogP contribution in [0.5, 0.6) is 5.75 Å². The highest BCUT2D eigenvalue weighted by molar-refractivity contribution is 6.32. The SMILES string of the molecule is COc1ccc(NC(=O)[C@@H](Nc2ccn(C)n2)c2ccccc2)cc1Cl. The zero-order valence-electron chi connectivity index (χ0n) is 14.4. The topological polar surface area (TPSA) is 68.2 Å². The fraction of sp³-hybridized carbons (Fsp3) is 0.158. The van der Waals surface area contributed by atoms with E-state index < -0.39 is 6.04 Å². The number of nitrogens with one attached hydrogen (secondary N) is 2. The number of hydrogen-bond donors (Lipinski definition) is 2. The van der Waals surface area contributed by atoms with Crippen molar-refractivity contribution in [2.75, 3.05) is 17.7 Å². The van der Waals surface area contributed by atoms with Gasteiger partial charge in [-0.05, 0) is 23.8 Å². The van der Waals surface area contributed by atoms with Crippen molar-refractivity contribution < 1.29 is 9.53 Å². The molecule has 0 aliphatic rings. The van der Waals surface area contributed by atoms with Crippen LogP contribution in [0, 0.1) is 0 Å². The molecule has 1 heterocycles. The highest BCUT2D eigenvalue weighted by Gasteiger charge is 2.21. The standard InChI is InChI=1S/C19H19ClN4O2/c1-24-11-10-17(23-24)22-18(13-6-4-3-5-7-13)19(25)21-14-8-9-16(26-2)15(20)12-14/h3-12,18H,1-2H3,(H,21,25)(H,22,23)/t18-/m0/s1. The highest BCUT2D eigenvalue weighted by atomic mass is 35.5. The second-order valence-electron chi connectivity index (χ2n) is 5.70. The number of hydrogen-bond acceptors (Lipinski definition) is 4. The largest absolute Gasteiger partial charge is 0.495 e. The molecule has 0 aliphatic carbocycles. The Labute approximate surface area is 156 Å². The summed E-state index contributed by atoms with van der Waals surface area (Å²) in [6.45, 7) is 0. The third kappa shape index (κ3) is 4.15. The number of methoxy groups -OCH3 is 1. The number of anilines is 2.